The van der Waals surface area contributed by atoms with Crippen LogP contribution in [0.5, 0.6) is 0 Å². The second kappa shape index (κ2) is 10.2. The number of amides is 1. The van der Waals surface area contributed by atoms with Gasteiger partial charge in [-0.2, -0.15) is 4.98 Å². The molecule has 0 unspecified atom stereocenters. The number of pyridine rings is 1. The number of carbonyl (C=O) groups is 1. The van der Waals surface area contributed by atoms with Crippen LogP contribution in [0.25, 0.3) is 10.8 Å². The first-order valence-corrected chi connectivity index (χ1v) is 14.7. The van der Waals surface area contributed by atoms with E-state index in [0.717, 1.165) is 26.9 Å². The number of halogens is 2. The highest BCUT2D eigenvalue weighted by atomic mass is 32.2. The average molecular weight is 561 g/mol. The minimum atomic E-state index is -3.06. The molecule has 1 N–H and O–H groups in total. The van der Waals surface area contributed by atoms with Crippen molar-refractivity contribution in [3.63, 3.8) is 0 Å². The number of hydrogen-bond acceptors (Lipinski definition) is 9. The van der Waals surface area contributed by atoms with E-state index in [4.69, 9.17) is 4.74 Å². The molecular weight excluding hydrogens is 530 g/mol. The monoisotopic (exact) mass is 560 g/mol. The minimum absolute atomic E-state index is 0.0467. The molecule has 0 aliphatic carbocycles. The molecule has 0 radical (unpaired) electrons. The summed E-state index contributed by atoms with van der Waals surface area (Å²) in [6.45, 7) is 6.56. The summed E-state index contributed by atoms with van der Waals surface area (Å²) in [6.07, 6.45) is -0.779. The molecule has 2 aromatic heterocycles. The largest absolute Gasteiger partial charge is 0.438 e. The number of hydrogen-bond donors (Lipinski definition) is 1. The number of sulfone groups is 1. The number of fused-ring (bicyclic) bond motifs is 1. The van der Waals surface area contributed by atoms with Crippen molar-refractivity contribution in [1.82, 2.24) is 15.0 Å². The molecule has 208 valence electrons. The maximum Gasteiger partial charge on any atom is 0.417 e. The summed E-state index contributed by atoms with van der Waals surface area (Å²) in [4.78, 5) is 28.2. The number of cyclic esters (lactones) is 1. The number of aromatic nitrogens is 3. The number of nitrogens with one attached hydrogen (secondary N) is 1. The van der Waals surface area contributed by atoms with E-state index in [-0.39, 0.29) is 36.1 Å². The van der Waals surface area contributed by atoms with Crippen LogP contribution in [0.2, 0.25) is 0 Å². The van der Waals surface area contributed by atoms with Crippen molar-refractivity contribution in [1.29, 1.82) is 0 Å². The molecule has 0 bridgehead atoms. The molecule has 1 amide bonds. The van der Waals surface area contributed by atoms with Crippen LogP contribution in [0, 0.1) is 5.92 Å². The topological polar surface area (TPSA) is 118 Å². The van der Waals surface area contributed by atoms with E-state index in [1.807, 2.05) is 13.0 Å². The van der Waals surface area contributed by atoms with Gasteiger partial charge < -0.3 is 15.0 Å². The second-order valence-electron chi connectivity index (χ2n) is 10.4. The van der Waals surface area contributed by atoms with E-state index in [1.54, 1.807) is 12.3 Å². The quantitative estimate of drug-likeness (QED) is 0.429. The van der Waals surface area contributed by atoms with E-state index in [2.05, 4.69) is 51.1 Å². The summed E-state index contributed by atoms with van der Waals surface area (Å²) in [5.41, 5.74) is 2.12. The number of alkyl halides is 2. The molecule has 3 atom stereocenters. The lowest BCUT2D eigenvalue weighted by atomic mass is 9.88. The zero-order valence-electron chi connectivity index (χ0n) is 22.0. The van der Waals surface area contributed by atoms with E-state index < -0.39 is 28.5 Å². The van der Waals surface area contributed by atoms with Crippen molar-refractivity contribution < 1.29 is 26.7 Å². The van der Waals surface area contributed by atoms with Gasteiger partial charge in [0.1, 0.15) is 21.5 Å². The van der Waals surface area contributed by atoms with Crippen LogP contribution >= 0.6 is 0 Å². The SMILES string of the molecule is CC(C)c1ccc(N2C[C@H](CS(C)(=O)=O)[C@H]2C)c2cnc(Nc3ccnc(N4C[C@H](C(F)F)OC4=O)n3)cc12. The Morgan fingerprint density at radius 3 is 2.54 bits per heavy atom. The van der Waals surface area contributed by atoms with E-state index in [0.29, 0.717) is 18.2 Å². The van der Waals surface area contributed by atoms with Gasteiger partial charge in [-0.15, -0.1) is 0 Å². The number of carbonyl (C=O) groups excluding carboxylic acids is 1. The summed E-state index contributed by atoms with van der Waals surface area (Å²) in [5.74, 6) is 1.27. The van der Waals surface area contributed by atoms with Crippen LogP contribution in [0.1, 0.15) is 32.3 Å². The summed E-state index contributed by atoms with van der Waals surface area (Å²) in [7, 11) is -3.06. The molecular formula is C26H30F2N6O4S. The van der Waals surface area contributed by atoms with Crippen molar-refractivity contribution in [2.45, 2.75) is 45.3 Å². The number of benzene rings is 1. The molecule has 2 saturated heterocycles. The molecule has 5 rings (SSSR count). The van der Waals surface area contributed by atoms with Gasteiger partial charge in [-0.3, -0.25) is 0 Å². The second-order valence-corrected chi connectivity index (χ2v) is 12.6. The lowest BCUT2D eigenvalue weighted by Crippen LogP contribution is -2.57. The Morgan fingerprint density at radius 1 is 1.13 bits per heavy atom. The lowest BCUT2D eigenvalue weighted by molar-refractivity contribution is 0.0106. The molecule has 2 aliphatic heterocycles. The highest BCUT2D eigenvalue weighted by Crippen LogP contribution is 2.39. The van der Waals surface area contributed by atoms with Crippen LogP contribution in [-0.2, 0) is 14.6 Å². The first-order chi connectivity index (χ1) is 18.4. The molecule has 2 aliphatic rings. The fourth-order valence-electron chi connectivity index (χ4n) is 5.11. The molecule has 4 heterocycles. The molecule has 3 aromatic rings. The molecule has 13 heteroatoms. The summed E-state index contributed by atoms with van der Waals surface area (Å²) in [5, 5.41) is 5.08. The normalized spacial score (nSPS) is 21.5. The fraction of sp³-hybridized carbons (Fsp3) is 0.462. The van der Waals surface area contributed by atoms with Gasteiger partial charge in [-0.05, 0) is 42.0 Å². The van der Waals surface area contributed by atoms with Crippen molar-refractivity contribution in [3.8, 4) is 0 Å². The van der Waals surface area contributed by atoms with Gasteiger partial charge in [-0.1, -0.05) is 19.9 Å². The average Bonchev–Trinajstić information content (AvgIpc) is 3.27. The standard InChI is InChI=1S/C26H30F2N6O4S/c1-14(2)17-5-6-20(33-11-16(15(33)3)13-39(4,36)37)19-10-30-23(9-18(17)19)31-22-7-8-29-25(32-22)34-12-21(24(27)28)38-26(34)35/h5-10,14-16,21,24H,11-13H2,1-4H3,(H,29,30,31,32)/t15-,16-,21-/m1/s1. The van der Waals surface area contributed by atoms with Gasteiger partial charge in [-0.25, -0.2) is 36.9 Å². The Bertz CT molecular complexity index is 1520. The highest BCUT2D eigenvalue weighted by Gasteiger charge is 2.40. The fourth-order valence-corrected chi connectivity index (χ4v) is 6.28. The zero-order valence-corrected chi connectivity index (χ0v) is 22.8. The first-order valence-electron chi connectivity index (χ1n) is 12.6. The number of nitrogens with zero attached hydrogens (tertiary/aromatic N) is 5. The van der Waals surface area contributed by atoms with Crippen molar-refractivity contribution in [2.75, 3.05) is 40.2 Å². The van der Waals surface area contributed by atoms with Crippen molar-refractivity contribution in [2.24, 2.45) is 5.92 Å². The third-order valence-electron chi connectivity index (χ3n) is 7.22. The maximum absolute atomic E-state index is 13.0. The smallest absolute Gasteiger partial charge is 0.417 e. The van der Waals surface area contributed by atoms with Crippen LogP contribution in [0.4, 0.5) is 36.8 Å². The van der Waals surface area contributed by atoms with Crippen molar-refractivity contribution in [3.05, 3.63) is 42.2 Å². The van der Waals surface area contributed by atoms with Gasteiger partial charge in [0.2, 0.25) is 5.95 Å². The van der Waals surface area contributed by atoms with Crippen LogP contribution in [0.3, 0.4) is 0 Å². The Balaban J connectivity index is 1.42. The molecule has 0 saturated carbocycles. The number of ether oxygens (including phenoxy) is 1. The van der Waals surface area contributed by atoms with Gasteiger partial charge in [0, 0.05) is 48.2 Å². The molecule has 39 heavy (non-hydrogen) atoms. The van der Waals surface area contributed by atoms with Gasteiger partial charge in [0.15, 0.2) is 6.10 Å². The Morgan fingerprint density at radius 2 is 1.90 bits per heavy atom. The van der Waals surface area contributed by atoms with Gasteiger partial charge >= 0.3 is 6.09 Å². The van der Waals surface area contributed by atoms with E-state index in [9.17, 15) is 22.0 Å². The third-order valence-corrected chi connectivity index (χ3v) is 8.26. The first kappa shape index (κ1) is 27.0. The van der Waals surface area contributed by atoms with Crippen LogP contribution in [0.15, 0.2) is 36.7 Å². The summed E-state index contributed by atoms with van der Waals surface area (Å²) in [6, 6.07) is 7.74. The summed E-state index contributed by atoms with van der Waals surface area (Å²) < 4.78 is 54.3. The Kier molecular flexibility index (Phi) is 7.04. The van der Waals surface area contributed by atoms with E-state index in [1.165, 1.54) is 12.5 Å². The zero-order chi connectivity index (χ0) is 28.1. The minimum Gasteiger partial charge on any atom is -0.438 e. The van der Waals surface area contributed by atoms with Crippen LogP contribution < -0.4 is 15.1 Å². The molecule has 0 spiro atoms. The number of anilines is 4. The van der Waals surface area contributed by atoms with Gasteiger partial charge in [0.25, 0.3) is 6.43 Å². The Hall–Kier alpha value is -3.61. The molecule has 2 fully saturated rings. The summed E-state index contributed by atoms with van der Waals surface area (Å²) >= 11 is 0. The Labute approximate surface area is 225 Å². The molecule has 1 aromatic carbocycles. The van der Waals surface area contributed by atoms with E-state index >= 15 is 0 Å². The predicted octanol–water partition coefficient (Wildman–Crippen LogP) is 4.35. The molecule has 10 nitrogen and oxygen atoms in total. The predicted molar refractivity (Wildman–Crippen MR) is 145 cm³/mol. The maximum atomic E-state index is 13.0. The number of rotatable bonds is 8. The highest BCUT2D eigenvalue weighted by molar-refractivity contribution is 7.90. The van der Waals surface area contributed by atoms with Gasteiger partial charge in [0.05, 0.1) is 12.3 Å². The van der Waals surface area contributed by atoms with Crippen LogP contribution in [-0.4, -0.2) is 73.1 Å². The third kappa shape index (κ3) is 5.45. The van der Waals surface area contributed by atoms with Crippen molar-refractivity contribution >= 4 is 50.0 Å². The lowest BCUT2D eigenvalue weighted by Gasteiger charge is -2.48.